The smallest absolute Gasteiger partial charge is 0.407 e. The molecular formula is C17H22ClN5O2. The molecule has 0 radical (unpaired) electrons. The fourth-order valence-corrected chi connectivity index (χ4v) is 4.39. The van der Waals surface area contributed by atoms with Crippen LogP contribution in [0.25, 0.3) is 5.52 Å². The highest BCUT2D eigenvalue weighted by molar-refractivity contribution is 6.32. The molecule has 2 aromatic heterocycles. The van der Waals surface area contributed by atoms with E-state index in [1.54, 1.807) is 6.20 Å². The van der Waals surface area contributed by atoms with Crippen molar-refractivity contribution < 1.29 is 9.90 Å². The van der Waals surface area contributed by atoms with Gasteiger partial charge in [0.1, 0.15) is 11.3 Å². The van der Waals surface area contributed by atoms with Crippen LogP contribution in [0.3, 0.4) is 0 Å². The Morgan fingerprint density at radius 3 is 2.52 bits per heavy atom. The van der Waals surface area contributed by atoms with Crippen molar-refractivity contribution in [2.75, 3.05) is 26.2 Å². The highest BCUT2D eigenvalue weighted by Gasteiger charge is 2.31. The molecule has 134 valence electrons. The topological polar surface area (TPSA) is 74.0 Å². The average molecular weight is 364 g/mol. The molecule has 2 aliphatic rings. The Balaban J connectivity index is 1.38. The number of imidazole rings is 1. The number of rotatable bonds is 2. The van der Waals surface area contributed by atoms with Gasteiger partial charge in [-0.2, -0.15) is 0 Å². The van der Waals surface area contributed by atoms with Gasteiger partial charge in [0.05, 0.1) is 6.20 Å². The van der Waals surface area contributed by atoms with Crippen LogP contribution in [0.15, 0.2) is 18.6 Å². The number of amides is 1. The summed E-state index contributed by atoms with van der Waals surface area (Å²) in [7, 11) is 0. The van der Waals surface area contributed by atoms with E-state index < -0.39 is 6.09 Å². The number of hydrogen-bond acceptors (Lipinski definition) is 4. The zero-order valence-corrected chi connectivity index (χ0v) is 14.8. The first-order chi connectivity index (χ1) is 12.1. The second-order valence-corrected chi connectivity index (χ2v) is 7.26. The molecule has 7 nitrogen and oxygen atoms in total. The first-order valence-corrected chi connectivity index (χ1v) is 9.20. The van der Waals surface area contributed by atoms with Gasteiger partial charge in [-0.25, -0.2) is 14.8 Å². The van der Waals surface area contributed by atoms with E-state index in [0.717, 1.165) is 50.1 Å². The van der Waals surface area contributed by atoms with E-state index in [-0.39, 0.29) is 0 Å². The Bertz CT molecular complexity index is 763. The number of nitrogens with zero attached hydrogens (tertiary/aromatic N) is 5. The van der Waals surface area contributed by atoms with Crippen LogP contribution in [0.2, 0.25) is 5.15 Å². The number of carbonyl (C=O) groups is 1. The summed E-state index contributed by atoms with van der Waals surface area (Å²) in [5, 5.41) is 9.56. The second-order valence-electron chi connectivity index (χ2n) is 6.90. The summed E-state index contributed by atoms with van der Waals surface area (Å²) in [5.74, 6) is 1.52. The van der Waals surface area contributed by atoms with Gasteiger partial charge in [-0.3, -0.25) is 9.30 Å². The molecule has 0 aromatic carbocycles. The summed E-state index contributed by atoms with van der Waals surface area (Å²) in [6.07, 6.45) is 9.11. The molecule has 1 N–H and O–H groups in total. The summed E-state index contributed by atoms with van der Waals surface area (Å²) >= 11 is 6.14. The van der Waals surface area contributed by atoms with Crippen LogP contribution >= 0.6 is 11.6 Å². The largest absolute Gasteiger partial charge is 0.465 e. The molecule has 0 bridgehead atoms. The predicted octanol–water partition coefficient (Wildman–Crippen LogP) is 2.70. The van der Waals surface area contributed by atoms with Crippen molar-refractivity contribution in [3.8, 4) is 0 Å². The minimum Gasteiger partial charge on any atom is -0.465 e. The average Bonchev–Trinajstić information content (AvgIpc) is 3.07. The van der Waals surface area contributed by atoms with E-state index in [1.807, 2.05) is 12.4 Å². The SMILES string of the molecule is O=C(O)N1CCN(C2CCC(c3ncc4c(Cl)nccn34)CC2)CC1. The minimum absolute atomic E-state index is 0.442. The third kappa shape index (κ3) is 3.18. The molecule has 4 rings (SSSR count). The Kier molecular flexibility index (Phi) is 4.52. The lowest BCUT2D eigenvalue weighted by Gasteiger charge is -2.41. The predicted molar refractivity (Wildman–Crippen MR) is 94.2 cm³/mol. The van der Waals surface area contributed by atoms with Crippen molar-refractivity contribution in [1.82, 2.24) is 24.2 Å². The highest BCUT2D eigenvalue weighted by atomic mass is 35.5. The van der Waals surface area contributed by atoms with Crippen molar-refractivity contribution in [3.05, 3.63) is 29.6 Å². The maximum Gasteiger partial charge on any atom is 0.407 e. The van der Waals surface area contributed by atoms with Crippen LogP contribution in [-0.2, 0) is 0 Å². The van der Waals surface area contributed by atoms with Crippen LogP contribution in [-0.4, -0.2) is 67.6 Å². The normalized spacial score (nSPS) is 25.4. The Hall–Kier alpha value is -1.86. The van der Waals surface area contributed by atoms with Crippen LogP contribution in [0.5, 0.6) is 0 Å². The van der Waals surface area contributed by atoms with Crippen molar-refractivity contribution in [1.29, 1.82) is 0 Å². The van der Waals surface area contributed by atoms with E-state index in [9.17, 15) is 4.79 Å². The molecule has 1 saturated carbocycles. The van der Waals surface area contributed by atoms with Crippen LogP contribution < -0.4 is 0 Å². The minimum atomic E-state index is -0.803. The number of fused-ring (bicyclic) bond motifs is 1. The van der Waals surface area contributed by atoms with Crippen molar-refractivity contribution in [2.24, 2.45) is 0 Å². The first-order valence-electron chi connectivity index (χ1n) is 8.83. The lowest BCUT2D eigenvalue weighted by molar-refractivity contribution is 0.0707. The third-order valence-corrected chi connectivity index (χ3v) is 5.89. The highest BCUT2D eigenvalue weighted by Crippen LogP contribution is 2.35. The summed E-state index contributed by atoms with van der Waals surface area (Å²) < 4.78 is 2.06. The van der Waals surface area contributed by atoms with Gasteiger partial charge in [0.15, 0.2) is 5.15 Å². The number of aromatic nitrogens is 3. The van der Waals surface area contributed by atoms with Gasteiger partial charge in [0.2, 0.25) is 0 Å². The zero-order valence-electron chi connectivity index (χ0n) is 14.0. The number of hydrogen-bond donors (Lipinski definition) is 1. The summed E-state index contributed by atoms with van der Waals surface area (Å²) in [5.41, 5.74) is 0.867. The lowest BCUT2D eigenvalue weighted by atomic mass is 9.84. The second kappa shape index (κ2) is 6.80. The van der Waals surface area contributed by atoms with Gasteiger partial charge in [-0.1, -0.05) is 11.6 Å². The molecule has 8 heteroatoms. The maximum atomic E-state index is 11.0. The Morgan fingerprint density at radius 1 is 1.12 bits per heavy atom. The molecule has 3 heterocycles. The first kappa shape index (κ1) is 16.6. The summed E-state index contributed by atoms with van der Waals surface area (Å²) in [6, 6.07) is 0.559. The van der Waals surface area contributed by atoms with Crippen molar-refractivity contribution in [3.63, 3.8) is 0 Å². The molecule has 1 aliphatic carbocycles. The molecule has 2 fully saturated rings. The molecule has 1 saturated heterocycles. The standard InChI is InChI=1S/C17H22ClN5O2/c18-15-14-11-20-16(23(14)6-5-19-15)12-1-3-13(4-2-12)21-7-9-22(10-8-21)17(24)25/h5-6,11-13H,1-4,7-10H2,(H,24,25). The van der Waals surface area contributed by atoms with Crippen LogP contribution in [0, 0.1) is 0 Å². The van der Waals surface area contributed by atoms with E-state index in [2.05, 4.69) is 19.3 Å². The quantitative estimate of drug-likeness (QED) is 0.888. The zero-order chi connectivity index (χ0) is 17.4. The van der Waals surface area contributed by atoms with Gasteiger partial charge < -0.3 is 10.0 Å². The van der Waals surface area contributed by atoms with Gasteiger partial charge in [0.25, 0.3) is 0 Å². The van der Waals surface area contributed by atoms with E-state index >= 15 is 0 Å². The van der Waals surface area contributed by atoms with Gasteiger partial charge >= 0.3 is 6.09 Å². The Labute approximate surface area is 151 Å². The molecule has 2 aromatic rings. The Morgan fingerprint density at radius 2 is 1.84 bits per heavy atom. The van der Waals surface area contributed by atoms with Crippen molar-refractivity contribution in [2.45, 2.75) is 37.6 Å². The molecular weight excluding hydrogens is 342 g/mol. The molecule has 1 aliphatic heterocycles. The maximum absolute atomic E-state index is 11.0. The van der Waals surface area contributed by atoms with Gasteiger partial charge in [0, 0.05) is 50.5 Å². The van der Waals surface area contributed by atoms with E-state index in [1.165, 1.54) is 4.90 Å². The summed E-state index contributed by atoms with van der Waals surface area (Å²) in [6.45, 7) is 2.92. The van der Waals surface area contributed by atoms with E-state index in [4.69, 9.17) is 16.7 Å². The van der Waals surface area contributed by atoms with Crippen LogP contribution in [0.1, 0.15) is 37.4 Å². The fraction of sp³-hybridized carbons (Fsp3) is 0.588. The molecule has 0 unspecified atom stereocenters. The summed E-state index contributed by atoms with van der Waals surface area (Å²) in [4.78, 5) is 23.7. The lowest BCUT2D eigenvalue weighted by Crippen LogP contribution is -2.52. The number of piperazine rings is 1. The fourth-order valence-electron chi connectivity index (χ4n) is 4.20. The van der Waals surface area contributed by atoms with Gasteiger partial charge in [-0.05, 0) is 25.7 Å². The van der Waals surface area contributed by atoms with Gasteiger partial charge in [-0.15, -0.1) is 0 Å². The van der Waals surface area contributed by atoms with Crippen molar-refractivity contribution >= 4 is 23.2 Å². The van der Waals surface area contributed by atoms with Crippen LogP contribution in [0.4, 0.5) is 4.79 Å². The molecule has 0 spiro atoms. The molecule has 1 amide bonds. The van der Waals surface area contributed by atoms with E-state index in [0.29, 0.717) is 30.2 Å². The molecule has 25 heavy (non-hydrogen) atoms. The number of carboxylic acid groups (broad SMARTS) is 1. The number of halogens is 1. The monoisotopic (exact) mass is 363 g/mol. The third-order valence-electron chi connectivity index (χ3n) is 5.60. The molecule has 0 atom stereocenters.